The van der Waals surface area contributed by atoms with E-state index in [0.717, 1.165) is 0 Å². The SMILES string of the molecule is CNC(=O)C(C)CN(C)c1nc(N)ccc1[N+](=O)[O-]. The van der Waals surface area contributed by atoms with Crippen LogP contribution in [0.3, 0.4) is 0 Å². The van der Waals surface area contributed by atoms with Crippen molar-refractivity contribution in [2.45, 2.75) is 6.92 Å². The number of hydrogen-bond acceptors (Lipinski definition) is 6. The van der Waals surface area contributed by atoms with Crippen LogP contribution in [0.15, 0.2) is 12.1 Å². The molecule has 1 aromatic heterocycles. The van der Waals surface area contributed by atoms with Crippen LogP contribution in [-0.4, -0.2) is 36.5 Å². The average Bonchev–Trinajstić information content (AvgIpc) is 2.36. The minimum atomic E-state index is -0.525. The number of amides is 1. The molecule has 104 valence electrons. The molecule has 0 spiro atoms. The molecule has 1 heterocycles. The van der Waals surface area contributed by atoms with Crippen molar-refractivity contribution in [1.82, 2.24) is 10.3 Å². The average molecular weight is 267 g/mol. The molecule has 1 atom stereocenters. The molecular formula is C11H17N5O3. The van der Waals surface area contributed by atoms with E-state index >= 15 is 0 Å². The number of nitrogens with two attached hydrogens (primary N) is 1. The summed E-state index contributed by atoms with van der Waals surface area (Å²) >= 11 is 0. The molecule has 1 amide bonds. The molecule has 0 saturated carbocycles. The van der Waals surface area contributed by atoms with Crippen LogP contribution >= 0.6 is 0 Å². The Hall–Kier alpha value is -2.38. The zero-order chi connectivity index (χ0) is 14.6. The molecule has 0 aliphatic carbocycles. The molecule has 0 aliphatic heterocycles. The first kappa shape index (κ1) is 14.7. The second-order valence-corrected chi connectivity index (χ2v) is 4.23. The topological polar surface area (TPSA) is 114 Å². The Bertz CT molecular complexity index is 491. The van der Waals surface area contributed by atoms with Gasteiger partial charge in [0.05, 0.1) is 10.8 Å². The first-order chi connectivity index (χ1) is 8.86. The molecule has 0 bridgehead atoms. The monoisotopic (exact) mass is 267 g/mol. The van der Waals surface area contributed by atoms with Crippen LogP contribution < -0.4 is 16.0 Å². The largest absolute Gasteiger partial charge is 0.384 e. The summed E-state index contributed by atoms with van der Waals surface area (Å²) in [6, 6.07) is 2.68. The predicted molar refractivity (Wildman–Crippen MR) is 71.8 cm³/mol. The highest BCUT2D eigenvalue weighted by Crippen LogP contribution is 2.26. The van der Waals surface area contributed by atoms with Gasteiger partial charge in [-0.15, -0.1) is 0 Å². The Morgan fingerprint density at radius 1 is 1.63 bits per heavy atom. The Labute approximate surface area is 110 Å². The number of nitrogens with zero attached hydrogens (tertiary/aromatic N) is 3. The number of carbonyl (C=O) groups is 1. The third kappa shape index (κ3) is 3.54. The van der Waals surface area contributed by atoms with E-state index in [0.29, 0.717) is 6.54 Å². The summed E-state index contributed by atoms with van der Waals surface area (Å²) in [5, 5.41) is 13.5. The van der Waals surface area contributed by atoms with Gasteiger partial charge < -0.3 is 16.0 Å². The van der Waals surface area contributed by atoms with Gasteiger partial charge in [0, 0.05) is 26.7 Å². The molecule has 19 heavy (non-hydrogen) atoms. The van der Waals surface area contributed by atoms with Gasteiger partial charge in [-0.1, -0.05) is 6.92 Å². The normalized spacial score (nSPS) is 11.7. The van der Waals surface area contributed by atoms with E-state index in [2.05, 4.69) is 10.3 Å². The van der Waals surface area contributed by atoms with Gasteiger partial charge in [-0.3, -0.25) is 14.9 Å². The quantitative estimate of drug-likeness (QED) is 0.589. The molecule has 1 rings (SSSR count). The fourth-order valence-electron chi connectivity index (χ4n) is 1.71. The Balaban J connectivity index is 2.98. The third-order valence-electron chi connectivity index (χ3n) is 2.68. The van der Waals surface area contributed by atoms with E-state index in [4.69, 9.17) is 5.73 Å². The smallest absolute Gasteiger partial charge is 0.311 e. The van der Waals surface area contributed by atoms with Crippen LogP contribution in [-0.2, 0) is 4.79 Å². The second-order valence-electron chi connectivity index (χ2n) is 4.23. The minimum Gasteiger partial charge on any atom is -0.384 e. The molecule has 0 aromatic carbocycles. The summed E-state index contributed by atoms with van der Waals surface area (Å²) in [4.78, 5) is 27.4. The lowest BCUT2D eigenvalue weighted by Crippen LogP contribution is -2.35. The summed E-state index contributed by atoms with van der Waals surface area (Å²) in [5.41, 5.74) is 5.40. The molecule has 0 saturated heterocycles. The van der Waals surface area contributed by atoms with Crippen molar-refractivity contribution in [2.75, 3.05) is 31.3 Å². The lowest BCUT2D eigenvalue weighted by Gasteiger charge is -2.21. The maximum Gasteiger partial charge on any atom is 0.311 e. The molecule has 1 unspecified atom stereocenters. The van der Waals surface area contributed by atoms with Crippen LogP contribution in [0, 0.1) is 16.0 Å². The number of nitrogen functional groups attached to an aromatic ring is 1. The van der Waals surface area contributed by atoms with Crippen molar-refractivity contribution in [3.63, 3.8) is 0 Å². The third-order valence-corrected chi connectivity index (χ3v) is 2.68. The summed E-state index contributed by atoms with van der Waals surface area (Å²) in [7, 11) is 3.17. The van der Waals surface area contributed by atoms with Gasteiger partial charge in [-0.25, -0.2) is 4.98 Å². The molecule has 8 heteroatoms. The Morgan fingerprint density at radius 3 is 2.79 bits per heavy atom. The lowest BCUT2D eigenvalue weighted by atomic mass is 10.1. The van der Waals surface area contributed by atoms with E-state index < -0.39 is 4.92 Å². The van der Waals surface area contributed by atoms with Gasteiger partial charge in [-0.2, -0.15) is 0 Å². The highest BCUT2D eigenvalue weighted by molar-refractivity contribution is 5.78. The number of hydrogen-bond donors (Lipinski definition) is 2. The van der Waals surface area contributed by atoms with Crippen molar-refractivity contribution in [3.8, 4) is 0 Å². The van der Waals surface area contributed by atoms with Crippen molar-refractivity contribution >= 4 is 23.2 Å². The van der Waals surface area contributed by atoms with Crippen molar-refractivity contribution in [3.05, 3.63) is 22.2 Å². The van der Waals surface area contributed by atoms with Crippen molar-refractivity contribution in [1.29, 1.82) is 0 Å². The highest BCUT2D eigenvalue weighted by atomic mass is 16.6. The fourth-order valence-corrected chi connectivity index (χ4v) is 1.71. The predicted octanol–water partition coefficient (Wildman–Crippen LogP) is 0.390. The van der Waals surface area contributed by atoms with E-state index in [1.807, 2.05) is 0 Å². The Kier molecular flexibility index (Phi) is 4.62. The number of nitrogens with one attached hydrogen (secondary N) is 1. The molecule has 1 aromatic rings. The van der Waals surface area contributed by atoms with Crippen LogP contribution in [0.4, 0.5) is 17.3 Å². The van der Waals surface area contributed by atoms with Gasteiger partial charge in [0.2, 0.25) is 11.7 Å². The number of carbonyl (C=O) groups excluding carboxylic acids is 1. The first-order valence-electron chi connectivity index (χ1n) is 5.70. The van der Waals surface area contributed by atoms with Crippen LogP contribution in [0.2, 0.25) is 0 Å². The lowest BCUT2D eigenvalue weighted by molar-refractivity contribution is -0.384. The van der Waals surface area contributed by atoms with E-state index in [1.165, 1.54) is 12.1 Å². The summed E-state index contributed by atoms with van der Waals surface area (Å²) in [6.07, 6.45) is 0. The second kappa shape index (κ2) is 5.98. The molecule has 0 fully saturated rings. The number of rotatable bonds is 5. The van der Waals surface area contributed by atoms with Gasteiger partial charge in [-0.05, 0) is 6.07 Å². The summed E-state index contributed by atoms with van der Waals surface area (Å²) < 4.78 is 0. The molecule has 0 aliphatic rings. The minimum absolute atomic E-state index is 0.138. The van der Waals surface area contributed by atoms with E-state index in [9.17, 15) is 14.9 Å². The molecular weight excluding hydrogens is 250 g/mol. The molecule has 0 radical (unpaired) electrons. The number of nitro groups is 1. The van der Waals surface area contributed by atoms with Gasteiger partial charge in [0.25, 0.3) is 0 Å². The fraction of sp³-hybridized carbons (Fsp3) is 0.455. The van der Waals surface area contributed by atoms with Crippen molar-refractivity contribution < 1.29 is 9.72 Å². The zero-order valence-corrected chi connectivity index (χ0v) is 11.1. The standard InChI is InChI=1S/C11H17N5O3/c1-7(11(17)13-2)6-15(3)10-8(16(18)19)4-5-9(12)14-10/h4-5,7H,6H2,1-3H3,(H2,12,14)(H,13,17). The van der Waals surface area contributed by atoms with Crippen LogP contribution in [0.1, 0.15) is 6.92 Å². The molecule has 8 nitrogen and oxygen atoms in total. The molecule has 3 N–H and O–H groups in total. The number of pyridine rings is 1. The maximum absolute atomic E-state index is 11.4. The number of anilines is 2. The van der Waals surface area contributed by atoms with Crippen LogP contribution in [0.25, 0.3) is 0 Å². The Morgan fingerprint density at radius 2 is 2.26 bits per heavy atom. The summed E-state index contributed by atoms with van der Waals surface area (Å²) in [5.74, 6) is -0.114. The van der Waals surface area contributed by atoms with Crippen LogP contribution in [0.5, 0.6) is 0 Å². The number of aromatic nitrogens is 1. The van der Waals surface area contributed by atoms with Gasteiger partial charge in [0.1, 0.15) is 5.82 Å². The first-order valence-corrected chi connectivity index (χ1v) is 5.70. The summed E-state index contributed by atoms with van der Waals surface area (Å²) in [6.45, 7) is 2.03. The van der Waals surface area contributed by atoms with Gasteiger partial charge >= 0.3 is 5.69 Å². The van der Waals surface area contributed by atoms with Crippen molar-refractivity contribution in [2.24, 2.45) is 5.92 Å². The van der Waals surface area contributed by atoms with E-state index in [-0.39, 0.29) is 29.1 Å². The van der Waals surface area contributed by atoms with Gasteiger partial charge in [0.15, 0.2) is 0 Å². The van der Waals surface area contributed by atoms with E-state index in [1.54, 1.807) is 25.9 Å². The highest BCUT2D eigenvalue weighted by Gasteiger charge is 2.22. The zero-order valence-electron chi connectivity index (χ0n) is 11.1. The maximum atomic E-state index is 11.4.